The van der Waals surface area contributed by atoms with Crippen molar-refractivity contribution in [3.05, 3.63) is 186 Å². The molecule has 0 bridgehead atoms. The molecule has 0 saturated carbocycles. The van der Waals surface area contributed by atoms with Crippen LogP contribution >= 0.6 is 0 Å². The van der Waals surface area contributed by atoms with Gasteiger partial charge in [-0.25, -0.2) is 0 Å². The van der Waals surface area contributed by atoms with Crippen molar-refractivity contribution in [2.24, 2.45) is 0 Å². The molecule has 5 aromatic rings. The van der Waals surface area contributed by atoms with Gasteiger partial charge in [-0.3, -0.25) is 0 Å². The topological polar surface area (TPSA) is 3.24 Å². The van der Waals surface area contributed by atoms with Crippen LogP contribution < -0.4 is 4.90 Å². The molecule has 0 aliphatic heterocycles. The Bertz CT molecular complexity index is 1500. The van der Waals surface area contributed by atoms with E-state index < -0.39 is 0 Å². The third-order valence-electron chi connectivity index (χ3n) is 6.54. The van der Waals surface area contributed by atoms with Crippen molar-refractivity contribution in [3.63, 3.8) is 0 Å². The summed E-state index contributed by atoms with van der Waals surface area (Å²) < 4.78 is 0. The Hall–Kier alpha value is -5.14. The van der Waals surface area contributed by atoms with Gasteiger partial charge in [-0.1, -0.05) is 146 Å². The summed E-state index contributed by atoms with van der Waals surface area (Å²) in [5.41, 5.74) is 9.33. The Morgan fingerprint density at radius 2 is 0.775 bits per heavy atom. The average Bonchev–Trinajstić information content (AvgIpc) is 3.00. The van der Waals surface area contributed by atoms with E-state index >= 15 is 0 Å². The fraction of sp³-hybridized carbons (Fsp3) is 0.0256. The van der Waals surface area contributed by atoms with Crippen LogP contribution in [0, 0.1) is 6.92 Å². The Morgan fingerprint density at radius 1 is 0.375 bits per heavy atom. The van der Waals surface area contributed by atoms with Gasteiger partial charge in [-0.2, -0.15) is 0 Å². The van der Waals surface area contributed by atoms with Gasteiger partial charge >= 0.3 is 0 Å². The van der Waals surface area contributed by atoms with Crippen LogP contribution in [0.3, 0.4) is 0 Å². The SMILES string of the molecule is Cc1cccc(N(c2ccc(/C=C/C=C/c3ccccc3)cc2)c2ccc(/C=C/C=C/c3ccccc3)cc2)c1. The third-order valence-corrected chi connectivity index (χ3v) is 6.54. The van der Waals surface area contributed by atoms with Crippen molar-refractivity contribution in [2.75, 3.05) is 4.90 Å². The van der Waals surface area contributed by atoms with Crippen molar-refractivity contribution < 1.29 is 0 Å². The zero-order valence-electron chi connectivity index (χ0n) is 22.8. The van der Waals surface area contributed by atoms with E-state index in [0.717, 1.165) is 28.2 Å². The second-order valence-corrected chi connectivity index (χ2v) is 9.62. The van der Waals surface area contributed by atoms with Crippen LogP contribution in [0.25, 0.3) is 24.3 Å². The molecule has 0 aliphatic rings. The molecule has 40 heavy (non-hydrogen) atoms. The second-order valence-electron chi connectivity index (χ2n) is 9.62. The van der Waals surface area contributed by atoms with E-state index in [2.05, 4.69) is 182 Å². The maximum absolute atomic E-state index is 2.30. The summed E-state index contributed by atoms with van der Waals surface area (Å²) in [6.45, 7) is 2.13. The first-order chi connectivity index (χ1) is 19.7. The number of hydrogen-bond acceptors (Lipinski definition) is 1. The molecule has 0 atom stereocenters. The molecule has 5 rings (SSSR count). The molecule has 0 radical (unpaired) electrons. The zero-order chi connectivity index (χ0) is 27.4. The van der Waals surface area contributed by atoms with Gasteiger partial charge in [0.15, 0.2) is 0 Å². The van der Waals surface area contributed by atoms with E-state index in [1.54, 1.807) is 0 Å². The standard InChI is InChI=1S/C39H33N/c1-32-13-12-22-39(31-32)40(37-27-23-35(24-28-37)20-10-8-18-33-14-4-2-5-15-33)38-29-25-36(26-30-38)21-11-9-19-34-16-6-3-7-17-34/h2-31H,1H3/b18-8+,19-9+,20-10+,21-11+. The minimum Gasteiger partial charge on any atom is -0.310 e. The molecular formula is C39H33N. The highest BCUT2D eigenvalue weighted by molar-refractivity contribution is 5.78. The first-order valence-corrected chi connectivity index (χ1v) is 13.6. The van der Waals surface area contributed by atoms with E-state index in [1.165, 1.54) is 16.7 Å². The molecule has 0 aromatic heterocycles. The molecule has 0 heterocycles. The third kappa shape index (κ3) is 7.46. The minimum atomic E-state index is 1.12. The number of nitrogens with zero attached hydrogens (tertiary/aromatic N) is 1. The van der Waals surface area contributed by atoms with Crippen LogP contribution in [-0.4, -0.2) is 0 Å². The van der Waals surface area contributed by atoms with Gasteiger partial charge in [0.1, 0.15) is 0 Å². The summed E-state index contributed by atoms with van der Waals surface area (Å²) in [7, 11) is 0. The fourth-order valence-electron chi connectivity index (χ4n) is 4.48. The number of allylic oxidation sites excluding steroid dienone is 4. The van der Waals surface area contributed by atoms with Crippen LogP contribution in [0.5, 0.6) is 0 Å². The number of rotatable bonds is 9. The highest BCUT2D eigenvalue weighted by Gasteiger charge is 2.12. The van der Waals surface area contributed by atoms with Crippen molar-refractivity contribution in [2.45, 2.75) is 6.92 Å². The van der Waals surface area contributed by atoms with Gasteiger partial charge in [0.25, 0.3) is 0 Å². The van der Waals surface area contributed by atoms with Crippen LogP contribution in [0.2, 0.25) is 0 Å². The quantitative estimate of drug-likeness (QED) is 0.176. The van der Waals surface area contributed by atoms with Crippen molar-refractivity contribution in [3.8, 4) is 0 Å². The summed E-state index contributed by atoms with van der Waals surface area (Å²) in [5, 5.41) is 0. The van der Waals surface area contributed by atoms with E-state index in [4.69, 9.17) is 0 Å². The smallest absolute Gasteiger partial charge is 0.0464 e. The van der Waals surface area contributed by atoms with Gasteiger partial charge in [0.2, 0.25) is 0 Å². The first kappa shape index (κ1) is 26.5. The summed E-state index contributed by atoms with van der Waals surface area (Å²) in [5.74, 6) is 0. The zero-order valence-corrected chi connectivity index (χ0v) is 22.8. The molecule has 1 nitrogen and oxygen atoms in total. The Morgan fingerprint density at radius 3 is 1.18 bits per heavy atom. The minimum absolute atomic E-state index is 1.12. The predicted octanol–water partition coefficient (Wildman–Crippen LogP) is 10.9. The lowest BCUT2D eigenvalue weighted by atomic mass is 10.1. The number of hydrogen-bond donors (Lipinski definition) is 0. The molecule has 5 aromatic carbocycles. The monoisotopic (exact) mass is 515 g/mol. The highest BCUT2D eigenvalue weighted by atomic mass is 15.1. The molecule has 0 amide bonds. The molecule has 0 spiro atoms. The second kappa shape index (κ2) is 13.6. The molecule has 0 fully saturated rings. The fourth-order valence-corrected chi connectivity index (χ4v) is 4.48. The Balaban J connectivity index is 1.33. The molecule has 0 unspecified atom stereocenters. The maximum atomic E-state index is 2.30. The van der Waals surface area contributed by atoms with Gasteiger partial charge < -0.3 is 4.90 Å². The molecule has 0 saturated heterocycles. The Kier molecular flexibility index (Phi) is 8.99. The molecule has 0 N–H and O–H groups in total. The molecule has 194 valence electrons. The lowest BCUT2D eigenvalue weighted by Gasteiger charge is -2.26. The van der Waals surface area contributed by atoms with Gasteiger partial charge in [-0.15, -0.1) is 0 Å². The average molecular weight is 516 g/mol. The molecular weight excluding hydrogens is 482 g/mol. The number of benzene rings is 5. The lowest BCUT2D eigenvalue weighted by molar-refractivity contribution is 1.27. The Labute approximate surface area is 238 Å². The van der Waals surface area contributed by atoms with Crippen LogP contribution in [0.4, 0.5) is 17.1 Å². The normalized spacial score (nSPS) is 11.7. The van der Waals surface area contributed by atoms with Crippen molar-refractivity contribution in [1.82, 2.24) is 0 Å². The molecule has 1 heteroatoms. The predicted molar refractivity (Wildman–Crippen MR) is 175 cm³/mol. The summed E-state index contributed by atoms with van der Waals surface area (Å²) in [6.07, 6.45) is 16.8. The van der Waals surface area contributed by atoms with E-state index in [-0.39, 0.29) is 0 Å². The van der Waals surface area contributed by atoms with Gasteiger partial charge in [0.05, 0.1) is 0 Å². The van der Waals surface area contributed by atoms with Crippen LogP contribution in [-0.2, 0) is 0 Å². The van der Waals surface area contributed by atoms with Gasteiger partial charge in [0, 0.05) is 17.1 Å². The molecule has 0 aliphatic carbocycles. The van der Waals surface area contributed by atoms with E-state index in [1.807, 2.05) is 12.1 Å². The van der Waals surface area contributed by atoms with Crippen molar-refractivity contribution in [1.29, 1.82) is 0 Å². The number of aryl methyl sites for hydroxylation is 1. The van der Waals surface area contributed by atoms with E-state index in [0.29, 0.717) is 0 Å². The summed E-state index contributed by atoms with van der Waals surface area (Å²) in [4.78, 5) is 2.30. The summed E-state index contributed by atoms with van der Waals surface area (Å²) >= 11 is 0. The van der Waals surface area contributed by atoms with Crippen LogP contribution in [0.1, 0.15) is 27.8 Å². The largest absolute Gasteiger partial charge is 0.310 e. The van der Waals surface area contributed by atoms with Crippen molar-refractivity contribution >= 4 is 41.4 Å². The summed E-state index contributed by atoms with van der Waals surface area (Å²) in [6, 6.07) is 46.7. The van der Waals surface area contributed by atoms with Gasteiger partial charge in [-0.05, 0) is 71.1 Å². The highest BCUT2D eigenvalue weighted by Crippen LogP contribution is 2.35. The van der Waals surface area contributed by atoms with Crippen LogP contribution in [0.15, 0.2) is 158 Å². The lowest BCUT2D eigenvalue weighted by Crippen LogP contribution is -2.10. The van der Waals surface area contributed by atoms with E-state index in [9.17, 15) is 0 Å². The number of anilines is 3. The maximum Gasteiger partial charge on any atom is 0.0464 e. The first-order valence-electron chi connectivity index (χ1n) is 13.6.